The Morgan fingerprint density at radius 2 is 1.65 bits per heavy atom. The van der Waals surface area contributed by atoms with E-state index in [0.29, 0.717) is 5.75 Å². The number of carbonyl (C=O) groups excluding carboxylic acids is 1. The third-order valence-corrected chi connectivity index (χ3v) is 2.90. The Balaban J connectivity index is 2.03. The molecule has 0 fully saturated rings. The molecule has 1 N–H and O–H groups in total. The van der Waals surface area contributed by atoms with E-state index < -0.39 is 12.1 Å². The molecule has 0 heterocycles. The van der Waals surface area contributed by atoms with E-state index in [0.717, 1.165) is 11.1 Å². The summed E-state index contributed by atoms with van der Waals surface area (Å²) in [6.07, 6.45) is -0.675. The molecule has 0 bridgehead atoms. The molecule has 20 heavy (non-hydrogen) atoms. The van der Waals surface area contributed by atoms with Crippen LogP contribution in [0.1, 0.15) is 17.2 Å². The predicted molar refractivity (Wildman–Crippen MR) is 74.5 cm³/mol. The topological polar surface area (TPSA) is 55.8 Å². The highest BCUT2D eigenvalue weighted by Crippen LogP contribution is 2.23. The molecule has 1 atom stereocenters. The number of rotatable bonds is 5. The van der Waals surface area contributed by atoms with Crippen LogP contribution in [0.5, 0.6) is 5.75 Å². The first-order chi connectivity index (χ1) is 9.70. The molecule has 0 aliphatic rings. The number of hydrogen-bond acceptors (Lipinski definition) is 4. The quantitative estimate of drug-likeness (QED) is 0.849. The molecule has 0 aliphatic heterocycles. The Bertz CT molecular complexity index is 548. The van der Waals surface area contributed by atoms with E-state index in [1.165, 1.54) is 7.11 Å². The van der Waals surface area contributed by atoms with E-state index >= 15 is 0 Å². The highest BCUT2D eigenvalue weighted by molar-refractivity contribution is 5.70. The van der Waals surface area contributed by atoms with Crippen molar-refractivity contribution in [3.8, 4) is 5.75 Å². The van der Waals surface area contributed by atoms with Crippen molar-refractivity contribution in [2.75, 3.05) is 13.7 Å². The second kappa shape index (κ2) is 6.73. The number of esters is 1. The maximum atomic E-state index is 11.0. The first-order valence-corrected chi connectivity index (χ1v) is 6.23. The van der Waals surface area contributed by atoms with Crippen LogP contribution < -0.4 is 4.74 Å². The molecule has 1 unspecified atom stereocenters. The first-order valence-electron chi connectivity index (χ1n) is 6.23. The van der Waals surface area contributed by atoms with Gasteiger partial charge in [-0.05, 0) is 23.3 Å². The van der Waals surface area contributed by atoms with Gasteiger partial charge in [-0.1, -0.05) is 42.5 Å². The van der Waals surface area contributed by atoms with Gasteiger partial charge in [0.15, 0.2) is 6.61 Å². The van der Waals surface area contributed by atoms with Gasteiger partial charge in [-0.25, -0.2) is 4.79 Å². The Labute approximate surface area is 117 Å². The molecule has 2 aromatic carbocycles. The standard InChI is InChI=1S/C16H16O4/c1-19-15(17)11-20-14-9-7-13(8-10-14)16(18)12-5-3-2-4-6-12/h2-10,16,18H,11H2,1H3. The summed E-state index contributed by atoms with van der Waals surface area (Å²) >= 11 is 0. The van der Waals surface area contributed by atoms with Crippen LogP contribution in [0.25, 0.3) is 0 Å². The van der Waals surface area contributed by atoms with Gasteiger partial charge in [-0.3, -0.25) is 0 Å². The molecular weight excluding hydrogens is 256 g/mol. The summed E-state index contributed by atoms with van der Waals surface area (Å²) < 4.78 is 9.73. The first kappa shape index (κ1) is 14.1. The van der Waals surface area contributed by atoms with E-state index in [1.807, 2.05) is 30.3 Å². The van der Waals surface area contributed by atoms with Crippen molar-refractivity contribution in [3.63, 3.8) is 0 Å². The number of aliphatic hydroxyl groups excluding tert-OH is 1. The van der Waals surface area contributed by atoms with Gasteiger partial charge in [0, 0.05) is 0 Å². The van der Waals surface area contributed by atoms with Crippen LogP contribution in [0.4, 0.5) is 0 Å². The SMILES string of the molecule is COC(=O)COc1ccc(C(O)c2ccccc2)cc1. The summed E-state index contributed by atoms with van der Waals surface area (Å²) in [5.74, 6) is 0.123. The van der Waals surface area contributed by atoms with Gasteiger partial charge in [0.25, 0.3) is 0 Å². The fraction of sp³-hybridized carbons (Fsp3) is 0.188. The molecule has 104 valence electrons. The van der Waals surface area contributed by atoms with Crippen molar-refractivity contribution < 1.29 is 19.4 Å². The maximum absolute atomic E-state index is 11.0. The number of methoxy groups -OCH3 is 1. The molecule has 0 aromatic heterocycles. The molecular formula is C16H16O4. The summed E-state index contributed by atoms with van der Waals surface area (Å²) in [7, 11) is 1.31. The zero-order chi connectivity index (χ0) is 14.4. The minimum absolute atomic E-state index is 0.128. The molecule has 4 heteroatoms. The maximum Gasteiger partial charge on any atom is 0.343 e. The number of hydrogen-bond donors (Lipinski definition) is 1. The van der Waals surface area contributed by atoms with E-state index in [2.05, 4.69) is 4.74 Å². The summed E-state index contributed by atoms with van der Waals surface area (Å²) in [5.41, 5.74) is 1.59. The third kappa shape index (κ3) is 3.59. The number of benzene rings is 2. The zero-order valence-corrected chi connectivity index (χ0v) is 11.2. The fourth-order valence-electron chi connectivity index (χ4n) is 1.78. The van der Waals surface area contributed by atoms with Crippen LogP contribution >= 0.6 is 0 Å². The largest absolute Gasteiger partial charge is 0.482 e. The van der Waals surface area contributed by atoms with Crippen molar-refractivity contribution in [2.24, 2.45) is 0 Å². The number of aliphatic hydroxyl groups is 1. The Kier molecular flexibility index (Phi) is 4.74. The second-order valence-electron chi connectivity index (χ2n) is 4.25. The van der Waals surface area contributed by atoms with Crippen molar-refractivity contribution in [1.29, 1.82) is 0 Å². The van der Waals surface area contributed by atoms with Crippen LogP contribution in [-0.4, -0.2) is 24.8 Å². The average Bonchev–Trinajstić information content (AvgIpc) is 2.53. The van der Waals surface area contributed by atoms with Crippen molar-refractivity contribution in [2.45, 2.75) is 6.10 Å². The summed E-state index contributed by atoms with van der Waals surface area (Å²) in [6, 6.07) is 16.4. The van der Waals surface area contributed by atoms with Crippen molar-refractivity contribution >= 4 is 5.97 Å². The Morgan fingerprint density at radius 3 is 2.25 bits per heavy atom. The molecule has 4 nitrogen and oxygen atoms in total. The van der Waals surface area contributed by atoms with Crippen LogP contribution in [0.15, 0.2) is 54.6 Å². The molecule has 0 saturated carbocycles. The minimum atomic E-state index is -0.675. The van der Waals surface area contributed by atoms with Crippen LogP contribution in [0, 0.1) is 0 Å². The summed E-state index contributed by atoms with van der Waals surface area (Å²) in [4.78, 5) is 11.0. The van der Waals surface area contributed by atoms with E-state index in [9.17, 15) is 9.90 Å². The van der Waals surface area contributed by atoms with Crippen LogP contribution in [-0.2, 0) is 9.53 Å². The Morgan fingerprint density at radius 1 is 1.05 bits per heavy atom. The zero-order valence-electron chi connectivity index (χ0n) is 11.2. The van der Waals surface area contributed by atoms with Gasteiger partial charge in [-0.2, -0.15) is 0 Å². The highest BCUT2D eigenvalue weighted by Gasteiger charge is 2.10. The van der Waals surface area contributed by atoms with Gasteiger partial charge < -0.3 is 14.6 Å². The van der Waals surface area contributed by atoms with Gasteiger partial charge >= 0.3 is 5.97 Å². The van der Waals surface area contributed by atoms with Gasteiger partial charge in [0.1, 0.15) is 11.9 Å². The fourth-order valence-corrected chi connectivity index (χ4v) is 1.78. The molecule has 0 radical (unpaired) electrons. The number of carbonyl (C=O) groups is 1. The van der Waals surface area contributed by atoms with E-state index in [4.69, 9.17) is 4.74 Å². The van der Waals surface area contributed by atoms with Crippen molar-refractivity contribution in [3.05, 3.63) is 65.7 Å². The number of ether oxygens (including phenoxy) is 2. The highest BCUT2D eigenvalue weighted by atomic mass is 16.6. The van der Waals surface area contributed by atoms with Gasteiger partial charge in [0.05, 0.1) is 7.11 Å². The minimum Gasteiger partial charge on any atom is -0.482 e. The molecule has 2 aromatic rings. The van der Waals surface area contributed by atoms with Crippen LogP contribution in [0.3, 0.4) is 0 Å². The lowest BCUT2D eigenvalue weighted by molar-refractivity contribution is -0.142. The molecule has 0 aliphatic carbocycles. The normalized spacial score (nSPS) is 11.7. The summed E-state index contributed by atoms with van der Waals surface area (Å²) in [5, 5.41) is 10.2. The third-order valence-electron chi connectivity index (χ3n) is 2.90. The lowest BCUT2D eigenvalue weighted by Gasteiger charge is -2.12. The van der Waals surface area contributed by atoms with Gasteiger partial charge in [0.2, 0.25) is 0 Å². The molecule has 2 rings (SSSR count). The van der Waals surface area contributed by atoms with E-state index in [-0.39, 0.29) is 6.61 Å². The lowest BCUT2D eigenvalue weighted by Crippen LogP contribution is -2.12. The molecule has 0 amide bonds. The summed E-state index contributed by atoms with van der Waals surface area (Å²) in [6.45, 7) is -0.128. The Hall–Kier alpha value is -2.33. The molecule has 0 saturated heterocycles. The van der Waals surface area contributed by atoms with Gasteiger partial charge in [-0.15, -0.1) is 0 Å². The van der Waals surface area contributed by atoms with Crippen LogP contribution in [0.2, 0.25) is 0 Å². The second-order valence-corrected chi connectivity index (χ2v) is 4.25. The average molecular weight is 272 g/mol. The predicted octanol–water partition coefficient (Wildman–Crippen LogP) is 2.32. The monoisotopic (exact) mass is 272 g/mol. The molecule has 0 spiro atoms. The van der Waals surface area contributed by atoms with E-state index in [1.54, 1.807) is 24.3 Å². The lowest BCUT2D eigenvalue weighted by atomic mass is 10.0. The smallest absolute Gasteiger partial charge is 0.343 e. The van der Waals surface area contributed by atoms with Crippen molar-refractivity contribution in [1.82, 2.24) is 0 Å².